The average molecular weight is 420 g/mol. The number of rotatable bonds is 5. The predicted octanol–water partition coefficient (Wildman–Crippen LogP) is 3.66. The molecule has 7 heteroatoms. The summed E-state index contributed by atoms with van der Waals surface area (Å²) in [6.07, 6.45) is 0. The van der Waals surface area contributed by atoms with Crippen LogP contribution in [-0.4, -0.2) is 19.1 Å². The van der Waals surface area contributed by atoms with Gasteiger partial charge in [0.25, 0.3) is 5.91 Å². The quantitative estimate of drug-likeness (QED) is 0.574. The number of carbonyl (C=O) groups excluding carboxylic acids is 1. The van der Waals surface area contributed by atoms with Crippen molar-refractivity contribution in [2.75, 3.05) is 18.9 Å². The van der Waals surface area contributed by atoms with E-state index >= 15 is 0 Å². The maximum Gasteiger partial charge on any atom is 0.253 e. The first kappa shape index (κ1) is 15.3. The highest BCUT2D eigenvalue weighted by Crippen LogP contribution is 2.31. The van der Waals surface area contributed by atoms with Crippen LogP contribution in [0, 0.1) is 0 Å². The van der Waals surface area contributed by atoms with Crippen molar-refractivity contribution in [1.29, 1.82) is 0 Å². The van der Waals surface area contributed by atoms with E-state index < -0.39 is 0 Å². The van der Waals surface area contributed by atoms with E-state index in [9.17, 15) is 4.79 Å². The van der Waals surface area contributed by atoms with Crippen molar-refractivity contribution in [1.82, 2.24) is 5.32 Å². The predicted molar refractivity (Wildman–Crippen MR) is 88.4 cm³/mol. The highest BCUT2D eigenvalue weighted by Gasteiger charge is 2.13. The molecule has 4 nitrogen and oxygen atoms in total. The van der Waals surface area contributed by atoms with Crippen molar-refractivity contribution in [3.8, 4) is 5.75 Å². The molecule has 0 aliphatic carbocycles. The molecule has 0 aliphatic rings. The standard InChI is InChI=1S/C13H12Br2N2O2S/c14-11-7-8(12(15)20-11)13(18)17-5-6-19-10-4-2-1-3-9(10)16/h1-4,7H,5-6,16H2,(H,17,18). The molecule has 20 heavy (non-hydrogen) atoms. The molecule has 0 spiro atoms. The van der Waals surface area contributed by atoms with Gasteiger partial charge in [-0.25, -0.2) is 0 Å². The fourth-order valence-corrected chi connectivity index (χ4v) is 4.32. The second-order valence-electron chi connectivity index (χ2n) is 3.88. The third-order valence-corrected chi connectivity index (χ3v) is 4.80. The minimum absolute atomic E-state index is 0.136. The molecule has 0 radical (unpaired) electrons. The molecule has 2 aromatic rings. The molecule has 2 rings (SSSR count). The summed E-state index contributed by atoms with van der Waals surface area (Å²) in [7, 11) is 0. The minimum atomic E-state index is -0.136. The highest BCUT2D eigenvalue weighted by molar-refractivity contribution is 9.12. The molecule has 1 heterocycles. The van der Waals surface area contributed by atoms with Crippen LogP contribution in [-0.2, 0) is 0 Å². The molecule has 1 aromatic heterocycles. The Kier molecular flexibility index (Phi) is 5.45. The lowest BCUT2D eigenvalue weighted by Crippen LogP contribution is -2.28. The molecule has 106 valence electrons. The zero-order valence-electron chi connectivity index (χ0n) is 10.4. The second-order valence-corrected chi connectivity index (χ2v) is 7.63. The van der Waals surface area contributed by atoms with Crippen LogP contribution < -0.4 is 15.8 Å². The van der Waals surface area contributed by atoms with Gasteiger partial charge in [0.2, 0.25) is 0 Å². The number of ether oxygens (including phenoxy) is 1. The third-order valence-electron chi connectivity index (χ3n) is 2.47. The number of carbonyl (C=O) groups is 1. The van der Waals surface area contributed by atoms with Crippen LogP contribution in [0.3, 0.4) is 0 Å². The Labute approximate surface area is 137 Å². The molecule has 3 N–H and O–H groups in total. The van der Waals surface area contributed by atoms with Crippen LogP contribution in [0.25, 0.3) is 0 Å². The summed E-state index contributed by atoms with van der Waals surface area (Å²) in [5.41, 5.74) is 6.95. The highest BCUT2D eigenvalue weighted by atomic mass is 79.9. The molecule has 0 aliphatic heterocycles. The van der Waals surface area contributed by atoms with Crippen LogP contribution in [0.5, 0.6) is 5.75 Å². The fraction of sp³-hybridized carbons (Fsp3) is 0.154. The van der Waals surface area contributed by atoms with E-state index in [1.165, 1.54) is 11.3 Å². The van der Waals surface area contributed by atoms with Crippen molar-refractivity contribution in [2.45, 2.75) is 0 Å². The Morgan fingerprint density at radius 1 is 1.35 bits per heavy atom. The number of thiophene rings is 1. The van der Waals surface area contributed by atoms with Crippen LogP contribution in [0.4, 0.5) is 5.69 Å². The number of anilines is 1. The Hall–Kier alpha value is -1.05. The SMILES string of the molecule is Nc1ccccc1OCCNC(=O)c1cc(Br)sc1Br. The Balaban J connectivity index is 1.80. The lowest BCUT2D eigenvalue weighted by atomic mass is 10.3. The van der Waals surface area contributed by atoms with E-state index in [0.29, 0.717) is 30.2 Å². The van der Waals surface area contributed by atoms with Gasteiger partial charge in [-0.15, -0.1) is 11.3 Å². The van der Waals surface area contributed by atoms with Gasteiger partial charge in [-0.05, 0) is 50.1 Å². The van der Waals surface area contributed by atoms with Gasteiger partial charge >= 0.3 is 0 Å². The Morgan fingerprint density at radius 2 is 2.10 bits per heavy atom. The van der Waals surface area contributed by atoms with Gasteiger partial charge < -0.3 is 15.8 Å². The molecule has 1 amide bonds. The molecule has 0 atom stereocenters. The largest absolute Gasteiger partial charge is 0.490 e. The normalized spacial score (nSPS) is 10.3. The van der Waals surface area contributed by atoms with Gasteiger partial charge in [-0.1, -0.05) is 12.1 Å². The monoisotopic (exact) mass is 418 g/mol. The van der Waals surface area contributed by atoms with Gasteiger partial charge in [0.1, 0.15) is 12.4 Å². The number of benzene rings is 1. The van der Waals surface area contributed by atoms with Crippen LogP contribution in [0.1, 0.15) is 10.4 Å². The molecule has 0 bridgehead atoms. The number of hydrogen-bond donors (Lipinski definition) is 2. The number of para-hydroxylation sites is 2. The van der Waals surface area contributed by atoms with E-state index in [-0.39, 0.29) is 5.91 Å². The summed E-state index contributed by atoms with van der Waals surface area (Å²) in [5.74, 6) is 0.490. The smallest absolute Gasteiger partial charge is 0.253 e. The lowest BCUT2D eigenvalue weighted by Gasteiger charge is -2.09. The molecule has 0 saturated heterocycles. The summed E-state index contributed by atoms with van der Waals surface area (Å²) in [6, 6.07) is 9.04. The van der Waals surface area contributed by atoms with Crippen LogP contribution in [0.15, 0.2) is 37.9 Å². The summed E-state index contributed by atoms with van der Waals surface area (Å²) in [5, 5.41) is 2.79. The molecular formula is C13H12Br2N2O2S. The molecular weight excluding hydrogens is 408 g/mol. The van der Waals surface area contributed by atoms with Crippen molar-refractivity contribution < 1.29 is 9.53 Å². The molecule has 1 aromatic carbocycles. The zero-order valence-corrected chi connectivity index (χ0v) is 14.3. The summed E-state index contributed by atoms with van der Waals surface area (Å²) in [6.45, 7) is 0.774. The Morgan fingerprint density at radius 3 is 2.75 bits per heavy atom. The summed E-state index contributed by atoms with van der Waals surface area (Å²) in [4.78, 5) is 11.9. The molecule has 0 unspecified atom stereocenters. The molecule has 0 fully saturated rings. The first-order chi connectivity index (χ1) is 9.58. The number of amides is 1. The maximum atomic E-state index is 11.9. The van der Waals surface area contributed by atoms with Gasteiger partial charge in [-0.3, -0.25) is 4.79 Å². The van der Waals surface area contributed by atoms with Gasteiger partial charge in [0, 0.05) is 0 Å². The van der Waals surface area contributed by atoms with E-state index in [0.717, 1.165) is 7.57 Å². The van der Waals surface area contributed by atoms with Crippen molar-refractivity contribution in [2.24, 2.45) is 0 Å². The number of nitrogens with one attached hydrogen (secondary N) is 1. The summed E-state index contributed by atoms with van der Waals surface area (Å²) >= 11 is 8.15. The number of hydrogen-bond acceptors (Lipinski definition) is 4. The van der Waals surface area contributed by atoms with E-state index in [2.05, 4.69) is 37.2 Å². The topological polar surface area (TPSA) is 64.3 Å². The van der Waals surface area contributed by atoms with Gasteiger partial charge in [0.15, 0.2) is 0 Å². The lowest BCUT2D eigenvalue weighted by molar-refractivity contribution is 0.0947. The van der Waals surface area contributed by atoms with E-state index in [1.54, 1.807) is 18.2 Å². The number of halogens is 2. The van der Waals surface area contributed by atoms with Crippen LogP contribution in [0.2, 0.25) is 0 Å². The zero-order chi connectivity index (χ0) is 14.5. The Bertz CT molecular complexity index is 616. The van der Waals surface area contributed by atoms with Crippen molar-refractivity contribution in [3.63, 3.8) is 0 Å². The van der Waals surface area contributed by atoms with Crippen LogP contribution >= 0.6 is 43.2 Å². The fourth-order valence-electron chi connectivity index (χ4n) is 1.53. The van der Waals surface area contributed by atoms with Crippen molar-refractivity contribution >= 4 is 54.8 Å². The van der Waals surface area contributed by atoms with Gasteiger partial charge in [0.05, 0.1) is 25.4 Å². The first-order valence-corrected chi connectivity index (χ1v) is 8.18. The maximum absolute atomic E-state index is 11.9. The molecule has 0 saturated carbocycles. The minimum Gasteiger partial charge on any atom is -0.490 e. The third kappa shape index (κ3) is 3.97. The number of nitrogens with two attached hydrogens (primary N) is 1. The average Bonchev–Trinajstić information content (AvgIpc) is 2.75. The van der Waals surface area contributed by atoms with E-state index in [4.69, 9.17) is 10.5 Å². The first-order valence-electron chi connectivity index (χ1n) is 5.78. The second kappa shape index (κ2) is 7.10. The van der Waals surface area contributed by atoms with E-state index in [1.807, 2.05) is 12.1 Å². The number of nitrogen functional groups attached to an aromatic ring is 1. The van der Waals surface area contributed by atoms with Crippen molar-refractivity contribution in [3.05, 3.63) is 43.5 Å². The summed E-state index contributed by atoms with van der Waals surface area (Å²) < 4.78 is 7.21. The van der Waals surface area contributed by atoms with Gasteiger partial charge in [-0.2, -0.15) is 0 Å².